The van der Waals surface area contributed by atoms with Crippen molar-refractivity contribution in [2.75, 3.05) is 25.5 Å². The van der Waals surface area contributed by atoms with Crippen molar-refractivity contribution in [1.82, 2.24) is 4.90 Å². The lowest BCUT2D eigenvalue weighted by Gasteiger charge is -2.23. The molecule has 0 bridgehead atoms. The minimum Gasteiger partial charge on any atom is -0.482 e. The van der Waals surface area contributed by atoms with Gasteiger partial charge in [0, 0.05) is 19.6 Å². The molecule has 0 saturated carbocycles. The average Bonchev–Trinajstić information content (AvgIpc) is 2.43. The van der Waals surface area contributed by atoms with Crippen LogP contribution in [0.15, 0.2) is 18.2 Å². The molecule has 0 spiro atoms. The first-order valence-corrected chi connectivity index (χ1v) is 6.84. The molecule has 4 heteroatoms. The molecule has 1 N–H and O–H groups in total. The number of anilines is 1. The predicted octanol–water partition coefficient (Wildman–Crippen LogP) is 2.29. The number of ether oxygens (including phenoxy) is 1. The maximum Gasteiger partial charge on any atom is 0.260 e. The molecule has 104 valence electrons. The Kier molecular flexibility index (Phi) is 4.30. The SMILES string of the molecule is CC(C)N(C)C(=O)COc1cccc2c1NCCC2. The largest absolute Gasteiger partial charge is 0.482 e. The Balaban J connectivity index is 2.02. The van der Waals surface area contributed by atoms with Crippen molar-refractivity contribution in [3.05, 3.63) is 23.8 Å². The van der Waals surface area contributed by atoms with E-state index < -0.39 is 0 Å². The van der Waals surface area contributed by atoms with Crippen molar-refractivity contribution < 1.29 is 9.53 Å². The summed E-state index contributed by atoms with van der Waals surface area (Å²) in [4.78, 5) is 13.6. The molecule has 1 aromatic rings. The van der Waals surface area contributed by atoms with Crippen molar-refractivity contribution in [2.45, 2.75) is 32.7 Å². The van der Waals surface area contributed by atoms with Crippen molar-refractivity contribution in [3.8, 4) is 5.75 Å². The molecular formula is C15H22N2O2. The van der Waals surface area contributed by atoms with Crippen LogP contribution < -0.4 is 10.1 Å². The van der Waals surface area contributed by atoms with Crippen molar-refractivity contribution in [2.24, 2.45) is 0 Å². The third-order valence-corrected chi connectivity index (χ3v) is 3.56. The molecule has 0 fully saturated rings. The summed E-state index contributed by atoms with van der Waals surface area (Å²) >= 11 is 0. The topological polar surface area (TPSA) is 41.6 Å². The zero-order valence-electron chi connectivity index (χ0n) is 11.9. The highest BCUT2D eigenvalue weighted by atomic mass is 16.5. The zero-order chi connectivity index (χ0) is 13.8. The first kappa shape index (κ1) is 13.7. The second-order valence-corrected chi connectivity index (χ2v) is 5.21. The number of aryl methyl sites for hydroxylation is 1. The monoisotopic (exact) mass is 262 g/mol. The van der Waals surface area contributed by atoms with Crippen LogP contribution in [0.1, 0.15) is 25.8 Å². The van der Waals surface area contributed by atoms with Crippen LogP contribution in [0.25, 0.3) is 0 Å². The van der Waals surface area contributed by atoms with Crippen LogP contribution in [0, 0.1) is 0 Å². The van der Waals surface area contributed by atoms with E-state index in [9.17, 15) is 4.79 Å². The highest BCUT2D eigenvalue weighted by molar-refractivity contribution is 5.78. The molecule has 0 atom stereocenters. The van der Waals surface area contributed by atoms with Gasteiger partial charge in [0.15, 0.2) is 6.61 Å². The smallest absolute Gasteiger partial charge is 0.260 e. The number of likely N-dealkylation sites (N-methyl/N-ethyl adjacent to an activating group) is 1. The molecule has 2 rings (SSSR count). The fourth-order valence-electron chi connectivity index (χ4n) is 2.13. The van der Waals surface area contributed by atoms with Crippen molar-refractivity contribution >= 4 is 11.6 Å². The van der Waals surface area contributed by atoms with Gasteiger partial charge < -0.3 is 15.0 Å². The third kappa shape index (κ3) is 3.19. The molecule has 1 aromatic carbocycles. The van der Waals surface area contributed by atoms with Gasteiger partial charge in [0.25, 0.3) is 5.91 Å². The number of hydrogen-bond donors (Lipinski definition) is 1. The molecule has 1 amide bonds. The van der Waals surface area contributed by atoms with E-state index in [0.717, 1.165) is 30.8 Å². The normalized spacial score (nSPS) is 13.7. The van der Waals surface area contributed by atoms with E-state index in [-0.39, 0.29) is 18.6 Å². The summed E-state index contributed by atoms with van der Waals surface area (Å²) in [6, 6.07) is 6.20. The molecule has 1 heterocycles. The molecule has 1 aliphatic heterocycles. The Labute approximate surface area is 114 Å². The van der Waals surface area contributed by atoms with Gasteiger partial charge >= 0.3 is 0 Å². The number of amides is 1. The molecule has 0 aromatic heterocycles. The Hall–Kier alpha value is -1.71. The molecule has 0 unspecified atom stereocenters. The minimum atomic E-state index is 0.00316. The van der Waals surface area contributed by atoms with E-state index in [4.69, 9.17) is 4.74 Å². The fraction of sp³-hybridized carbons (Fsp3) is 0.533. The maximum atomic E-state index is 11.9. The summed E-state index contributed by atoms with van der Waals surface area (Å²) in [5, 5.41) is 3.36. The highest BCUT2D eigenvalue weighted by Gasteiger charge is 2.16. The molecule has 0 aliphatic carbocycles. The average molecular weight is 262 g/mol. The standard InChI is InChI=1S/C15H22N2O2/c1-11(2)17(3)14(18)10-19-13-8-4-6-12-7-5-9-16-15(12)13/h4,6,8,11,16H,5,7,9-10H2,1-3H3. The van der Waals surface area contributed by atoms with E-state index >= 15 is 0 Å². The van der Waals surface area contributed by atoms with Crippen molar-refractivity contribution in [3.63, 3.8) is 0 Å². The summed E-state index contributed by atoms with van der Waals surface area (Å²) in [6.45, 7) is 5.04. The van der Waals surface area contributed by atoms with Crippen LogP contribution in [0.2, 0.25) is 0 Å². The summed E-state index contributed by atoms with van der Waals surface area (Å²) < 4.78 is 5.68. The van der Waals surface area contributed by atoms with E-state index in [1.165, 1.54) is 5.56 Å². The van der Waals surface area contributed by atoms with Gasteiger partial charge in [0.05, 0.1) is 5.69 Å². The van der Waals surface area contributed by atoms with Gasteiger partial charge in [-0.3, -0.25) is 4.79 Å². The lowest BCUT2D eigenvalue weighted by atomic mass is 10.0. The number of carbonyl (C=O) groups excluding carboxylic acids is 1. The molecule has 19 heavy (non-hydrogen) atoms. The number of rotatable bonds is 4. The second kappa shape index (κ2) is 5.95. The molecular weight excluding hydrogens is 240 g/mol. The number of nitrogens with zero attached hydrogens (tertiary/aromatic N) is 1. The lowest BCUT2D eigenvalue weighted by molar-refractivity contribution is -0.133. The number of hydrogen-bond acceptors (Lipinski definition) is 3. The Morgan fingerprint density at radius 3 is 3.00 bits per heavy atom. The van der Waals surface area contributed by atoms with Crippen LogP contribution in [0.5, 0.6) is 5.75 Å². The summed E-state index contributed by atoms with van der Waals surface area (Å²) in [5.74, 6) is 0.783. The van der Waals surface area contributed by atoms with E-state index in [0.29, 0.717) is 0 Å². The Bertz CT molecular complexity index is 457. The van der Waals surface area contributed by atoms with Gasteiger partial charge in [0.2, 0.25) is 0 Å². The van der Waals surface area contributed by atoms with Crippen LogP contribution in [-0.4, -0.2) is 37.0 Å². The molecule has 4 nitrogen and oxygen atoms in total. The first-order valence-electron chi connectivity index (χ1n) is 6.84. The Morgan fingerprint density at radius 1 is 1.47 bits per heavy atom. The lowest BCUT2D eigenvalue weighted by Crippen LogP contribution is -2.36. The van der Waals surface area contributed by atoms with Gasteiger partial charge in [0.1, 0.15) is 5.75 Å². The minimum absolute atomic E-state index is 0.00316. The fourth-order valence-corrected chi connectivity index (χ4v) is 2.13. The molecule has 0 radical (unpaired) electrons. The zero-order valence-corrected chi connectivity index (χ0v) is 11.9. The van der Waals surface area contributed by atoms with E-state index in [2.05, 4.69) is 11.4 Å². The van der Waals surface area contributed by atoms with Crippen LogP contribution in [-0.2, 0) is 11.2 Å². The number of benzene rings is 1. The van der Waals surface area contributed by atoms with Crippen LogP contribution in [0.4, 0.5) is 5.69 Å². The van der Waals surface area contributed by atoms with Crippen LogP contribution >= 0.6 is 0 Å². The number of para-hydroxylation sites is 1. The number of nitrogens with one attached hydrogen (secondary N) is 1. The van der Waals surface area contributed by atoms with Gasteiger partial charge in [-0.1, -0.05) is 12.1 Å². The highest BCUT2D eigenvalue weighted by Crippen LogP contribution is 2.31. The summed E-state index contributed by atoms with van der Waals surface area (Å²) in [6.07, 6.45) is 2.21. The van der Waals surface area contributed by atoms with Gasteiger partial charge in [-0.2, -0.15) is 0 Å². The van der Waals surface area contributed by atoms with Crippen LogP contribution in [0.3, 0.4) is 0 Å². The third-order valence-electron chi connectivity index (χ3n) is 3.56. The maximum absolute atomic E-state index is 11.9. The quantitative estimate of drug-likeness (QED) is 0.905. The molecule has 1 aliphatic rings. The van der Waals surface area contributed by atoms with Gasteiger partial charge in [-0.15, -0.1) is 0 Å². The second-order valence-electron chi connectivity index (χ2n) is 5.21. The number of fused-ring (bicyclic) bond motifs is 1. The Morgan fingerprint density at radius 2 is 2.26 bits per heavy atom. The first-order chi connectivity index (χ1) is 9.09. The van der Waals surface area contributed by atoms with E-state index in [1.807, 2.05) is 26.0 Å². The number of carbonyl (C=O) groups is 1. The summed E-state index contributed by atoms with van der Waals surface area (Å²) in [7, 11) is 1.80. The summed E-state index contributed by atoms with van der Waals surface area (Å²) in [5.41, 5.74) is 2.32. The van der Waals surface area contributed by atoms with Crippen molar-refractivity contribution in [1.29, 1.82) is 0 Å². The van der Waals surface area contributed by atoms with E-state index in [1.54, 1.807) is 11.9 Å². The van der Waals surface area contributed by atoms with Gasteiger partial charge in [-0.05, 0) is 38.3 Å². The predicted molar refractivity (Wildman–Crippen MR) is 76.7 cm³/mol. The molecule has 0 saturated heterocycles. The van der Waals surface area contributed by atoms with Gasteiger partial charge in [-0.25, -0.2) is 0 Å².